The Morgan fingerprint density at radius 2 is 1.00 bits per heavy atom. The zero-order valence-electron chi connectivity index (χ0n) is 18.6. The first-order valence-electron chi connectivity index (χ1n) is 10.9. The van der Waals surface area contributed by atoms with Crippen molar-refractivity contribution < 1.29 is 13.6 Å². The van der Waals surface area contributed by atoms with E-state index in [0.717, 1.165) is 36.8 Å². The van der Waals surface area contributed by atoms with Gasteiger partial charge in [-0.2, -0.15) is 0 Å². The third kappa shape index (κ3) is 7.09. The van der Waals surface area contributed by atoms with E-state index in [1.54, 1.807) is 0 Å². The van der Waals surface area contributed by atoms with Crippen molar-refractivity contribution in [1.29, 1.82) is 0 Å². The summed E-state index contributed by atoms with van der Waals surface area (Å²) < 4.78 is 25.2. The van der Waals surface area contributed by atoms with E-state index in [4.69, 9.17) is 9.05 Å². The normalized spacial score (nSPS) is 13.0. The maximum Gasteiger partial charge on any atom is 0.320 e. The molecule has 2 aromatic rings. The molecule has 0 aliphatic carbocycles. The first-order chi connectivity index (χ1) is 14.5. The van der Waals surface area contributed by atoms with E-state index >= 15 is 0 Å². The summed E-state index contributed by atoms with van der Waals surface area (Å²) in [6.45, 7) is 8.21. The van der Waals surface area contributed by atoms with Crippen molar-refractivity contribution in [3.63, 3.8) is 0 Å². The van der Waals surface area contributed by atoms with Crippen molar-refractivity contribution in [1.82, 2.24) is 0 Å². The quantitative estimate of drug-likeness (QED) is 0.323. The molecule has 162 valence electrons. The van der Waals surface area contributed by atoms with Gasteiger partial charge < -0.3 is 0 Å². The molecule has 0 aliphatic rings. The lowest BCUT2D eigenvalue weighted by molar-refractivity contribution is 0.0485. The monoisotopic (exact) mass is 426 g/mol. The van der Waals surface area contributed by atoms with Crippen LogP contribution in [0.25, 0.3) is 12.2 Å². The minimum atomic E-state index is -2.71. The van der Waals surface area contributed by atoms with E-state index in [2.05, 4.69) is 27.7 Å². The van der Waals surface area contributed by atoms with E-state index in [0.29, 0.717) is 0 Å². The number of benzene rings is 2. The summed E-state index contributed by atoms with van der Waals surface area (Å²) in [4.78, 5) is 0. The van der Waals surface area contributed by atoms with Crippen LogP contribution in [-0.2, 0) is 13.6 Å². The fraction of sp³-hybridized carbons (Fsp3) is 0.385. The third-order valence-electron chi connectivity index (χ3n) is 5.73. The van der Waals surface area contributed by atoms with Crippen LogP contribution in [0.3, 0.4) is 0 Å². The highest BCUT2D eigenvalue weighted by Crippen LogP contribution is 2.42. The summed E-state index contributed by atoms with van der Waals surface area (Å²) in [6, 6.07) is 20.2. The van der Waals surface area contributed by atoms with Gasteiger partial charge in [-0.25, -0.2) is 0 Å². The van der Waals surface area contributed by atoms with Gasteiger partial charge in [0.25, 0.3) is 0 Å². The Labute approximate surface area is 182 Å². The van der Waals surface area contributed by atoms with Crippen LogP contribution < -0.4 is 0 Å². The second-order valence-corrected chi connectivity index (χ2v) is 8.39. The molecule has 0 spiro atoms. The molecule has 0 N–H and O–H groups in total. The molecular weight excluding hydrogens is 391 g/mol. The lowest BCUT2D eigenvalue weighted by atomic mass is 9.96. The molecule has 3 nitrogen and oxygen atoms in total. The molecule has 4 heteroatoms. The molecular formula is C26H35O3P. The molecule has 0 amide bonds. The van der Waals surface area contributed by atoms with Crippen LogP contribution in [0.5, 0.6) is 0 Å². The second kappa shape index (κ2) is 12.1. The lowest BCUT2D eigenvalue weighted by Gasteiger charge is -2.32. The SMILES string of the molecule is CCC(/C=C/c1ccccc1)(CC)O[PH](=O)OC(/C=C/c1ccccc1)(CC)CC. The standard InChI is InChI=1S/C26H35O3P/c1-5-25(6-2,21-19-23-15-11-9-12-16-23)28-30(27)29-26(7-3,8-4)22-20-24-17-13-10-14-18-24/h9-22,30H,5-8H2,1-4H3/b21-19+,22-20+. The number of rotatable bonds is 12. The molecule has 2 aromatic carbocycles. The zero-order chi connectivity index (χ0) is 21.9. The molecule has 30 heavy (non-hydrogen) atoms. The molecule has 0 unspecified atom stereocenters. The van der Waals surface area contributed by atoms with Crippen molar-refractivity contribution in [3.05, 3.63) is 83.9 Å². The fourth-order valence-corrected chi connectivity index (χ4v) is 4.72. The highest BCUT2D eigenvalue weighted by molar-refractivity contribution is 7.33. The van der Waals surface area contributed by atoms with E-state index in [9.17, 15) is 4.57 Å². The molecule has 0 saturated heterocycles. The second-order valence-electron chi connectivity index (χ2n) is 7.49. The highest BCUT2D eigenvalue weighted by atomic mass is 31.1. The van der Waals surface area contributed by atoms with Crippen molar-refractivity contribution in [3.8, 4) is 0 Å². The van der Waals surface area contributed by atoms with Gasteiger partial charge in [-0.1, -0.05) is 113 Å². The molecule has 0 fully saturated rings. The molecule has 0 aliphatic heterocycles. The fourth-order valence-electron chi connectivity index (χ4n) is 3.31. The third-order valence-corrected chi connectivity index (χ3v) is 6.87. The average Bonchev–Trinajstić information content (AvgIpc) is 2.81. The van der Waals surface area contributed by atoms with Crippen LogP contribution in [0.15, 0.2) is 72.8 Å². The van der Waals surface area contributed by atoms with Crippen LogP contribution in [0, 0.1) is 0 Å². The molecule has 0 atom stereocenters. The average molecular weight is 427 g/mol. The summed E-state index contributed by atoms with van der Waals surface area (Å²) in [5, 5.41) is 0. The minimum Gasteiger partial charge on any atom is -0.300 e. The Morgan fingerprint density at radius 1 is 0.667 bits per heavy atom. The maximum absolute atomic E-state index is 13.0. The summed E-state index contributed by atoms with van der Waals surface area (Å²) >= 11 is 0. The van der Waals surface area contributed by atoms with Crippen LogP contribution in [0.1, 0.15) is 64.5 Å². The Balaban J connectivity index is 2.15. The smallest absolute Gasteiger partial charge is 0.300 e. The van der Waals surface area contributed by atoms with Gasteiger partial charge in [0.05, 0.1) is 11.2 Å². The summed E-state index contributed by atoms with van der Waals surface area (Å²) in [7, 11) is -2.71. The van der Waals surface area contributed by atoms with Crippen molar-refractivity contribution in [2.75, 3.05) is 0 Å². The van der Waals surface area contributed by atoms with Crippen LogP contribution in [0.2, 0.25) is 0 Å². The van der Waals surface area contributed by atoms with Crippen LogP contribution in [-0.4, -0.2) is 11.2 Å². The highest BCUT2D eigenvalue weighted by Gasteiger charge is 2.32. The first kappa shape index (κ1) is 24.3. The van der Waals surface area contributed by atoms with Gasteiger partial charge in [0, 0.05) is 0 Å². The van der Waals surface area contributed by atoms with Gasteiger partial charge in [-0.15, -0.1) is 0 Å². The van der Waals surface area contributed by atoms with Gasteiger partial charge in [0.2, 0.25) is 0 Å². The van der Waals surface area contributed by atoms with Crippen molar-refractivity contribution in [2.24, 2.45) is 0 Å². The predicted molar refractivity (Wildman–Crippen MR) is 129 cm³/mol. The molecule has 0 aromatic heterocycles. The Morgan fingerprint density at radius 3 is 1.30 bits per heavy atom. The molecule has 0 heterocycles. The van der Waals surface area contributed by atoms with E-state index in [1.165, 1.54) is 0 Å². The Bertz CT molecular complexity index is 750. The molecule has 0 radical (unpaired) electrons. The summed E-state index contributed by atoms with van der Waals surface area (Å²) in [5.41, 5.74) is 0.968. The zero-order valence-corrected chi connectivity index (χ0v) is 19.6. The number of hydrogen-bond acceptors (Lipinski definition) is 3. The molecule has 2 rings (SSSR count). The predicted octanol–water partition coefficient (Wildman–Crippen LogP) is 7.95. The van der Waals surface area contributed by atoms with E-state index in [-0.39, 0.29) is 0 Å². The summed E-state index contributed by atoms with van der Waals surface area (Å²) in [5.74, 6) is 0. The lowest BCUT2D eigenvalue weighted by Crippen LogP contribution is -2.29. The van der Waals surface area contributed by atoms with Gasteiger partial charge >= 0.3 is 8.25 Å². The topological polar surface area (TPSA) is 35.5 Å². The maximum atomic E-state index is 13.0. The van der Waals surface area contributed by atoms with Gasteiger partial charge in [0.1, 0.15) is 0 Å². The first-order valence-corrected chi connectivity index (χ1v) is 12.1. The van der Waals surface area contributed by atoms with Crippen LogP contribution >= 0.6 is 8.25 Å². The molecule has 0 saturated carbocycles. The summed E-state index contributed by atoms with van der Waals surface area (Å²) in [6.07, 6.45) is 11.0. The van der Waals surface area contributed by atoms with Crippen LogP contribution in [0.4, 0.5) is 0 Å². The van der Waals surface area contributed by atoms with Gasteiger partial charge in [-0.3, -0.25) is 13.6 Å². The van der Waals surface area contributed by atoms with E-state index < -0.39 is 19.5 Å². The number of hydrogen-bond donors (Lipinski definition) is 0. The van der Waals surface area contributed by atoms with Gasteiger partial charge in [-0.05, 0) is 36.8 Å². The Hall–Kier alpha value is -1.93. The minimum absolute atomic E-state index is 0.609. The van der Waals surface area contributed by atoms with E-state index in [1.807, 2.05) is 85.0 Å². The van der Waals surface area contributed by atoms with Gasteiger partial charge in [0.15, 0.2) is 0 Å². The van der Waals surface area contributed by atoms with Crippen molar-refractivity contribution >= 4 is 20.4 Å². The molecule has 0 bridgehead atoms. The Kier molecular flexibility index (Phi) is 9.78. The van der Waals surface area contributed by atoms with Crippen molar-refractivity contribution in [2.45, 2.75) is 64.6 Å². The largest absolute Gasteiger partial charge is 0.320 e.